The fourth-order valence-electron chi connectivity index (χ4n) is 3.02. The molecule has 1 aliphatic rings. The van der Waals surface area contributed by atoms with Crippen LogP contribution < -0.4 is 5.56 Å². The smallest absolute Gasteiger partial charge is 0.274 e. The molecule has 130 valence electrons. The Balaban J connectivity index is 1.49. The minimum absolute atomic E-state index is 0.169. The Labute approximate surface area is 146 Å². The number of carbonyl (C=O) groups is 2. The number of benzene rings is 2. The second-order valence-electron chi connectivity index (χ2n) is 5.94. The molecule has 2 amide bonds. The summed E-state index contributed by atoms with van der Waals surface area (Å²) in [7, 11) is 0. The molecule has 0 bridgehead atoms. The van der Waals surface area contributed by atoms with Crippen LogP contribution >= 0.6 is 0 Å². The number of fused-ring (bicyclic) bond motifs is 2. The molecule has 0 saturated carbocycles. The molecular weight excluding hydrogens is 339 g/mol. The number of hydrogen-bond acceptors (Lipinski definition) is 5. The maximum Gasteiger partial charge on any atom is 0.277 e. The molecule has 0 radical (unpaired) electrons. The predicted molar refractivity (Wildman–Crippen MR) is 90.2 cm³/mol. The molecule has 0 unspecified atom stereocenters. The molecule has 3 aromatic rings. The molecule has 0 fully saturated rings. The number of aromatic nitrogens is 3. The zero-order valence-electron chi connectivity index (χ0n) is 13.6. The lowest BCUT2D eigenvalue weighted by Crippen LogP contribution is -2.32. The largest absolute Gasteiger partial charge is 0.277 e. The highest BCUT2D eigenvalue weighted by molar-refractivity contribution is 6.21. The first-order valence-corrected chi connectivity index (χ1v) is 8.04. The van der Waals surface area contributed by atoms with Crippen LogP contribution in [0.15, 0.2) is 47.3 Å². The summed E-state index contributed by atoms with van der Waals surface area (Å²) in [6, 6.07) is 10.4. The summed E-state index contributed by atoms with van der Waals surface area (Å²) in [5, 5.41) is 7.90. The van der Waals surface area contributed by atoms with Crippen molar-refractivity contribution in [1.82, 2.24) is 19.9 Å². The SMILES string of the molecule is O=C1c2ccccc2C(=O)N1CCCn1nnc2cc(F)ccc2c1=O. The van der Waals surface area contributed by atoms with Crippen molar-refractivity contribution in [2.75, 3.05) is 6.54 Å². The van der Waals surface area contributed by atoms with E-state index in [1.54, 1.807) is 24.3 Å². The Morgan fingerprint density at radius 3 is 2.31 bits per heavy atom. The molecule has 0 spiro atoms. The summed E-state index contributed by atoms with van der Waals surface area (Å²) < 4.78 is 14.3. The molecule has 4 rings (SSSR count). The van der Waals surface area contributed by atoms with Crippen LogP contribution in [-0.4, -0.2) is 38.3 Å². The fourth-order valence-corrected chi connectivity index (χ4v) is 3.02. The van der Waals surface area contributed by atoms with Crippen LogP contribution in [0.3, 0.4) is 0 Å². The van der Waals surface area contributed by atoms with Crippen LogP contribution in [0, 0.1) is 5.82 Å². The minimum Gasteiger partial charge on any atom is -0.274 e. The van der Waals surface area contributed by atoms with Crippen molar-refractivity contribution in [2.45, 2.75) is 13.0 Å². The van der Waals surface area contributed by atoms with Crippen molar-refractivity contribution in [2.24, 2.45) is 0 Å². The van der Waals surface area contributed by atoms with Gasteiger partial charge in [0.1, 0.15) is 11.3 Å². The molecule has 0 atom stereocenters. The number of hydrogen-bond donors (Lipinski definition) is 0. The van der Waals surface area contributed by atoms with Crippen molar-refractivity contribution in [1.29, 1.82) is 0 Å². The van der Waals surface area contributed by atoms with Crippen LogP contribution in [-0.2, 0) is 6.54 Å². The lowest BCUT2D eigenvalue weighted by molar-refractivity contribution is 0.0650. The summed E-state index contributed by atoms with van der Waals surface area (Å²) in [6.45, 7) is 0.356. The molecule has 1 aliphatic heterocycles. The first-order chi connectivity index (χ1) is 12.6. The topological polar surface area (TPSA) is 85.2 Å². The van der Waals surface area contributed by atoms with Crippen molar-refractivity contribution < 1.29 is 14.0 Å². The van der Waals surface area contributed by atoms with Crippen LogP contribution in [0.1, 0.15) is 27.1 Å². The van der Waals surface area contributed by atoms with E-state index >= 15 is 0 Å². The van der Waals surface area contributed by atoms with Crippen molar-refractivity contribution >= 4 is 22.7 Å². The van der Waals surface area contributed by atoms with E-state index < -0.39 is 11.4 Å². The number of nitrogens with zero attached hydrogens (tertiary/aromatic N) is 4. The molecule has 8 heteroatoms. The van der Waals surface area contributed by atoms with E-state index in [0.29, 0.717) is 17.5 Å². The standard InChI is InChI=1S/C18H13FN4O3/c19-11-6-7-14-15(10-11)20-21-23(18(14)26)9-3-8-22-16(24)12-4-1-2-5-13(12)17(22)25/h1-2,4-7,10H,3,8-9H2. The second kappa shape index (κ2) is 6.14. The van der Waals surface area contributed by atoms with Gasteiger partial charge >= 0.3 is 0 Å². The fraction of sp³-hybridized carbons (Fsp3) is 0.167. The van der Waals surface area contributed by atoms with Gasteiger partial charge in [0.05, 0.1) is 16.5 Å². The van der Waals surface area contributed by atoms with Gasteiger partial charge in [-0.3, -0.25) is 19.3 Å². The molecular formula is C18H13FN4O3. The van der Waals surface area contributed by atoms with Gasteiger partial charge in [-0.15, -0.1) is 5.10 Å². The highest BCUT2D eigenvalue weighted by atomic mass is 19.1. The average molecular weight is 352 g/mol. The van der Waals surface area contributed by atoms with Crippen LogP contribution in [0.25, 0.3) is 10.9 Å². The van der Waals surface area contributed by atoms with Crippen molar-refractivity contribution in [3.05, 3.63) is 69.8 Å². The Bertz CT molecular complexity index is 1070. The number of aryl methyl sites for hydroxylation is 1. The maximum absolute atomic E-state index is 13.2. The molecule has 1 aromatic heterocycles. The van der Waals surface area contributed by atoms with Gasteiger partial charge in [-0.05, 0) is 30.7 Å². The van der Waals surface area contributed by atoms with Crippen LogP contribution in [0.5, 0.6) is 0 Å². The number of carbonyl (C=O) groups excluding carboxylic acids is 2. The average Bonchev–Trinajstić information content (AvgIpc) is 2.88. The van der Waals surface area contributed by atoms with Crippen molar-refractivity contribution in [3.8, 4) is 0 Å². The van der Waals surface area contributed by atoms with E-state index in [-0.39, 0.29) is 35.8 Å². The summed E-state index contributed by atoms with van der Waals surface area (Å²) in [4.78, 5) is 38.1. The van der Waals surface area contributed by atoms with E-state index in [0.717, 1.165) is 10.7 Å². The third kappa shape index (κ3) is 2.55. The Morgan fingerprint density at radius 1 is 0.923 bits per heavy atom. The maximum atomic E-state index is 13.2. The molecule has 0 saturated heterocycles. The normalized spacial score (nSPS) is 13.5. The zero-order valence-corrected chi connectivity index (χ0v) is 13.6. The number of amides is 2. The van der Waals surface area contributed by atoms with Gasteiger partial charge in [-0.2, -0.15) is 0 Å². The summed E-state index contributed by atoms with van der Waals surface area (Å²) >= 11 is 0. The van der Waals surface area contributed by atoms with E-state index in [2.05, 4.69) is 10.3 Å². The lowest BCUT2D eigenvalue weighted by atomic mass is 10.1. The van der Waals surface area contributed by atoms with E-state index in [1.165, 1.54) is 17.0 Å². The second-order valence-corrected chi connectivity index (χ2v) is 5.94. The quantitative estimate of drug-likeness (QED) is 0.666. The van der Waals surface area contributed by atoms with E-state index in [4.69, 9.17) is 0 Å². The summed E-state index contributed by atoms with van der Waals surface area (Å²) in [6.07, 6.45) is 0.354. The summed E-state index contributed by atoms with van der Waals surface area (Å²) in [5.41, 5.74) is 0.577. The molecule has 2 heterocycles. The van der Waals surface area contributed by atoms with Gasteiger partial charge < -0.3 is 0 Å². The van der Waals surface area contributed by atoms with Gasteiger partial charge in [0.25, 0.3) is 17.4 Å². The molecule has 0 aliphatic carbocycles. The predicted octanol–water partition coefficient (Wildman–Crippen LogP) is 1.62. The van der Waals surface area contributed by atoms with Crippen molar-refractivity contribution in [3.63, 3.8) is 0 Å². The van der Waals surface area contributed by atoms with Gasteiger partial charge in [0.2, 0.25) is 0 Å². The van der Waals surface area contributed by atoms with E-state index in [9.17, 15) is 18.8 Å². The molecule has 7 nitrogen and oxygen atoms in total. The van der Waals surface area contributed by atoms with Gasteiger partial charge in [-0.1, -0.05) is 17.3 Å². The van der Waals surface area contributed by atoms with Crippen LogP contribution in [0.4, 0.5) is 4.39 Å². The molecule has 0 N–H and O–H groups in total. The van der Waals surface area contributed by atoms with E-state index in [1.807, 2.05) is 0 Å². The van der Waals surface area contributed by atoms with Gasteiger partial charge in [0, 0.05) is 19.2 Å². The Morgan fingerprint density at radius 2 is 1.62 bits per heavy atom. The molecule has 2 aromatic carbocycles. The Hall–Kier alpha value is -3.42. The first kappa shape index (κ1) is 16.1. The highest BCUT2D eigenvalue weighted by Crippen LogP contribution is 2.22. The zero-order chi connectivity index (χ0) is 18.3. The number of halogens is 1. The van der Waals surface area contributed by atoms with Gasteiger partial charge in [0.15, 0.2) is 0 Å². The van der Waals surface area contributed by atoms with Gasteiger partial charge in [-0.25, -0.2) is 9.07 Å². The highest BCUT2D eigenvalue weighted by Gasteiger charge is 2.34. The number of rotatable bonds is 4. The number of imide groups is 1. The molecule has 26 heavy (non-hydrogen) atoms. The monoisotopic (exact) mass is 352 g/mol. The van der Waals surface area contributed by atoms with Crippen LogP contribution in [0.2, 0.25) is 0 Å². The first-order valence-electron chi connectivity index (χ1n) is 8.04. The third-order valence-corrected chi connectivity index (χ3v) is 4.31. The lowest BCUT2D eigenvalue weighted by Gasteiger charge is -2.13. The Kier molecular flexibility index (Phi) is 3.80. The summed E-state index contributed by atoms with van der Waals surface area (Å²) in [5.74, 6) is -1.16. The third-order valence-electron chi connectivity index (χ3n) is 4.31. The minimum atomic E-state index is -0.491.